The molecule has 1 fully saturated rings. The summed E-state index contributed by atoms with van der Waals surface area (Å²) < 4.78 is 0. The predicted molar refractivity (Wildman–Crippen MR) is 122 cm³/mol. The molecule has 2 N–H and O–H groups in total. The highest BCUT2D eigenvalue weighted by Crippen LogP contribution is 2.23. The number of aliphatic hydroxyl groups excluding tert-OH is 1. The Balaban J connectivity index is 1.44. The molecule has 2 aromatic rings. The molecule has 1 atom stereocenters. The van der Waals surface area contributed by atoms with Crippen LogP contribution < -0.4 is 5.43 Å². The average Bonchev–Trinajstić information content (AvgIpc) is 3.12. The molecule has 170 valence electrons. The molecule has 3 aliphatic heterocycles. The fourth-order valence-electron chi connectivity index (χ4n) is 3.95. The lowest BCUT2D eigenvalue weighted by molar-refractivity contribution is -0.121. The van der Waals surface area contributed by atoms with E-state index in [1.807, 2.05) is 24.3 Å². The summed E-state index contributed by atoms with van der Waals surface area (Å²) in [6, 6.07) is 7.30. The van der Waals surface area contributed by atoms with Gasteiger partial charge in [-0.25, -0.2) is 15.4 Å². The summed E-state index contributed by atoms with van der Waals surface area (Å²) in [7, 11) is 0. The monoisotopic (exact) mass is 448 g/mol. The van der Waals surface area contributed by atoms with Gasteiger partial charge < -0.3 is 10.0 Å². The molecule has 1 saturated heterocycles. The van der Waals surface area contributed by atoms with Crippen molar-refractivity contribution in [1.82, 2.24) is 30.5 Å². The van der Waals surface area contributed by atoms with Crippen molar-refractivity contribution >= 4 is 35.3 Å². The van der Waals surface area contributed by atoms with Crippen molar-refractivity contribution in [2.75, 3.05) is 19.7 Å². The molecule has 0 saturated carbocycles. The molecule has 0 spiro atoms. The number of aromatic nitrogens is 4. The molecular formula is C21H24N10O2. The molecule has 0 radical (unpaired) electrons. The predicted octanol–water partition coefficient (Wildman–Crippen LogP) is 0.781. The van der Waals surface area contributed by atoms with Gasteiger partial charge in [-0.2, -0.15) is 14.9 Å². The van der Waals surface area contributed by atoms with E-state index in [2.05, 4.69) is 35.8 Å². The lowest BCUT2D eigenvalue weighted by Gasteiger charge is -2.28. The van der Waals surface area contributed by atoms with Crippen LogP contribution in [0.1, 0.15) is 25.7 Å². The number of fused-ring (bicyclic) bond motifs is 1. The zero-order valence-electron chi connectivity index (χ0n) is 18.0. The van der Waals surface area contributed by atoms with E-state index < -0.39 is 5.92 Å². The number of tetrazole rings is 1. The Morgan fingerprint density at radius 1 is 1.09 bits per heavy atom. The number of guanidine groups is 1. The van der Waals surface area contributed by atoms with Gasteiger partial charge in [-0.05, 0) is 42.3 Å². The summed E-state index contributed by atoms with van der Waals surface area (Å²) in [5, 5.41) is 25.1. The number of hydrazone groups is 1. The number of likely N-dealkylation sites (tertiary alicyclic amines) is 1. The van der Waals surface area contributed by atoms with Crippen molar-refractivity contribution in [3.63, 3.8) is 0 Å². The van der Waals surface area contributed by atoms with Gasteiger partial charge in [0.1, 0.15) is 5.92 Å². The number of amides is 1. The fraction of sp³-hybridized carbons (Fsp3) is 0.429. The van der Waals surface area contributed by atoms with E-state index in [4.69, 9.17) is 15.1 Å². The zero-order valence-corrected chi connectivity index (χ0v) is 18.0. The molecule has 3 aliphatic rings. The molecule has 1 unspecified atom stereocenters. The zero-order chi connectivity index (χ0) is 22.6. The fourth-order valence-corrected chi connectivity index (χ4v) is 3.95. The standard InChI is InChI=1S/C21H24N10O2/c32-12-11-31-28-18(26-29-31)14-5-7-15(8-6-14)23-19-17-16(13-22-27-20(17)33)24-21(25-19)30-9-3-1-2-4-10-30/h5-8,13,17,32H,1-4,9-12H2,(H,27,33). The Labute approximate surface area is 189 Å². The maximum absolute atomic E-state index is 12.5. The van der Waals surface area contributed by atoms with E-state index in [9.17, 15) is 4.79 Å². The van der Waals surface area contributed by atoms with Gasteiger partial charge in [-0.1, -0.05) is 12.8 Å². The summed E-state index contributed by atoms with van der Waals surface area (Å²) >= 11 is 0. The number of rotatable bonds is 4. The second kappa shape index (κ2) is 9.36. The smallest absolute Gasteiger partial charge is 0.257 e. The third-order valence-corrected chi connectivity index (χ3v) is 5.64. The number of hydrogen-bond donors (Lipinski definition) is 2. The second-order valence-electron chi connectivity index (χ2n) is 7.97. The molecular weight excluding hydrogens is 424 g/mol. The van der Waals surface area contributed by atoms with Crippen LogP contribution in [0.2, 0.25) is 0 Å². The summed E-state index contributed by atoms with van der Waals surface area (Å²) in [6.07, 6.45) is 6.14. The average molecular weight is 448 g/mol. The number of nitrogens with zero attached hydrogens (tertiary/aromatic N) is 9. The van der Waals surface area contributed by atoms with Gasteiger partial charge in [-0.15, -0.1) is 10.2 Å². The molecule has 1 aromatic heterocycles. The van der Waals surface area contributed by atoms with Crippen LogP contribution in [0.4, 0.5) is 5.69 Å². The first kappa shape index (κ1) is 21.1. The van der Waals surface area contributed by atoms with Crippen molar-refractivity contribution < 1.29 is 9.90 Å². The van der Waals surface area contributed by atoms with Crippen molar-refractivity contribution in [2.24, 2.45) is 26.0 Å². The van der Waals surface area contributed by atoms with Crippen LogP contribution in [-0.2, 0) is 11.3 Å². The summed E-state index contributed by atoms with van der Waals surface area (Å²) in [5.41, 5.74) is 4.45. The number of aliphatic hydroxyl groups is 1. The van der Waals surface area contributed by atoms with Gasteiger partial charge in [0.05, 0.1) is 30.8 Å². The van der Waals surface area contributed by atoms with E-state index in [1.54, 1.807) is 6.21 Å². The van der Waals surface area contributed by atoms with Crippen LogP contribution in [0.25, 0.3) is 11.4 Å². The van der Waals surface area contributed by atoms with Gasteiger partial charge in [-0.3, -0.25) is 4.79 Å². The lowest BCUT2D eigenvalue weighted by atomic mass is 9.99. The molecule has 0 bridgehead atoms. The Morgan fingerprint density at radius 3 is 2.64 bits per heavy atom. The Kier molecular flexibility index (Phi) is 5.98. The molecule has 1 aromatic carbocycles. The Morgan fingerprint density at radius 2 is 1.88 bits per heavy atom. The van der Waals surface area contributed by atoms with Gasteiger partial charge in [0.15, 0.2) is 5.84 Å². The first-order valence-corrected chi connectivity index (χ1v) is 11.0. The molecule has 5 rings (SSSR count). The van der Waals surface area contributed by atoms with Gasteiger partial charge in [0.25, 0.3) is 5.91 Å². The number of carbonyl (C=O) groups is 1. The van der Waals surface area contributed by atoms with Gasteiger partial charge >= 0.3 is 0 Å². The second-order valence-corrected chi connectivity index (χ2v) is 7.97. The van der Waals surface area contributed by atoms with Crippen LogP contribution in [0.3, 0.4) is 0 Å². The Bertz CT molecular complexity index is 1140. The van der Waals surface area contributed by atoms with E-state index in [1.165, 1.54) is 17.6 Å². The topological polar surface area (TPSA) is 146 Å². The first-order valence-electron chi connectivity index (χ1n) is 11.0. The highest BCUT2D eigenvalue weighted by Gasteiger charge is 2.36. The number of carbonyl (C=O) groups excluding carboxylic acids is 1. The van der Waals surface area contributed by atoms with Gasteiger partial charge in [0, 0.05) is 18.7 Å². The van der Waals surface area contributed by atoms with Crippen molar-refractivity contribution in [2.45, 2.75) is 32.2 Å². The quantitative estimate of drug-likeness (QED) is 0.707. The van der Waals surface area contributed by atoms with Crippen molar-refractivity contribution in [3.05, 3.63) is 24.3 Å². The maximum Gasteiger partial charge on any atom is 0.257 e. The maximum atomic E-state index is 12.5. The summed E-state index contributed by atoms with van der Waals surface area (Å²) in [4.78, 5) is 30.1. The minimum Gasteiger partial charge on any atom is -0.394 e. The molecule has 4 heterocycles. The number of hydrogen-bond acceptors (Lipinski definition) is 9. The number of benzene rings is 1. The van der Waals surface area contributed by atoms with E-state index in [-0.39, 0.29) is 19.1 Å². The highest BCUT2D eigenvalue weighted by molar-refractivity contribution is 6.46. The summed E-state index contributed by atoms with van der Waals surface area (Å²) in [5.74, 6) is 0.444. The van der Waals surface area contributed by atoms with Crippen LogP contribution in [-0.4, -0.2) is 79.5 Å². The summed E-state index contributed by atoms with van der Waals surface area (Å²) in [6.45, 7) is 1.99. The van der Waals surface area contributed by atoms with E-state index in [0.717, 1.165) is 31.5 Å². The molecule has 12 heteroatoms. The molecule has 12 nitrogen and oxygen atoms in total. The minimum atomic E-state index is -0.696. The number of amidine groups is 1. The Hall–Kier alpha value is -3.80. The highest BCUT2D eigenvalue weighted by atomic mass is 16.3. The van der Waals surface area contributed by atoms with E-state index >= 15 is 0 Å². The number of aliphatic imine (C=N–C) groups is 3. The van der Waals surface area contributed by atoms with Crippen LogP contribution in [0, 0.1) is 5.92 Å². The minimum absolute atomic E-state index is 0.0586. The largest absolute Gasteiger partial charge is 0.394 e. The van der Waals surface area contributed by atoms with E-state index in [0.29, 0.717) is 29.0 Å². The van der Waals surface area contributed by atoms with Crippen LogP contribution in [0.5, 0.6) is 0 Å². The van der Waals surface area contributed by atoms with Gasteiger partial charge in [0.2, 0.25) is 11.8 Å². The first-order chi connectivity index (χ1) is 16.2. The number of nitrogens with one attached hydrogen (secondary N) is 1. The normalized spacial score (nSPS) is 21.8. The van der Waals surface area contributed by atoms with Crippen LogP contribution in [0.15, 0.2) is 44.3 Å². The molecule has 0 aliphatic carbocycles. The van der Waals surface area contributed by atoms with Crippen molar-refractivity contribution in [3.8, 4) is 11.4 Å². The third kappa shape index (κ3) is 4.55. The van der Waals surface area contributed by atoms with Crippen LogP contribution >= 0.6 is 0 Å². The SMILES string of the molecule is O=C1NN=CC2=NC(N3CCCCCC3)=NC(=Nc3ccc(-c4nnn(CCO)n4)cc3)C12. The third-order valence-electron chi connectivity index (χ3n) is 5.64. The lowest BCUT2D eigenvalue weighted by Crippen LogP contribution is -2.46. The molecule has 33 heavy (non-hydrogen) atoms. The molecule has 1 amide bonds. The van der Waals surface area contributed by atoms with Crippen molar-refractivity contribution in [1.29, 1.82) is 0 Å².